The molecule has 0 spiro atoms. The second-order valence-electron chi connectivity index (χ2n) is 1.75. The lowest BCUT2D eigenvalue weighted by Gasteiger charge is -1.96. The second-order valence-corrected chi connectivity index (χ2v) is 1.75. The molecule has 3 heteroatoms. The highest BCUT2D eigenvalue weighted by molar-refractivity contribution is 4.90. The molecule has 1 rings (SSSR count). The van der Waals surface area contributed by atoms with Crippen LogP contribution in [0.3, 0.4) is 0 Å². The maximum Gasteiger partial charge on any atom is 0.177 e. The van der Waals surface area contributed by atoms with Crippen molar-refractivity contribution < 1.29 is 4.39 Å². The molecular weight excluding hydrogens is 119 g/mol. The summed E-state index contributed by atoms with van der Waals surface area (Å²) in [6, 6.07) is 0. The van der Waals surface area contributed by atoms with Crippen molar-refractivity contribution in [1.29, 1.82) is 0 Å². The number of aromatic nitrogens is 2. The van der Waals surface area contributed by atoms with Gasteiger partial charge in [0.1, 0.15) is 12.9 Å². The molecule has 0 aliphatic rings. The van der Waals surface area contributed by atoms with Crippen LogP contribution in [0, 0.1) is 19.4 Å². The highest BCUT2D eigenvalue weighted by atomic mass is 19.1. The van der Waals surface area contributed by atoms with Crippen molar-refractivity contribution in [2.24, 2.45) is 0 Å². The molecule has 0 amide bonds. The summed E-state index contributed by atoms with van der Waals surface area (Å²) in [5, 5.41) is 0. The Morgan fingerprint density at radius 2 is 2.56 bits per heavy atom. The van der Waals surface area contributed by atoms with Gasteiger partial charge in [0.25, 0.3) is 0 Å². The number of alkyl halides is 1. The molecule has 0 saturated carbocycles. The second kappa shape index (κ2) is 2.62. The van der Waals surface area contributed by atoms with E-state index in [9.17, 15) is 4.39 Å². The number of hydrogen-bond acceptors (Lipinski definition) is 1. The molecular formula is C6H7FN2. The Kier molecular flexibility index (Phi) is 1.82. The molecule has 2 radical (unpaired) electrons. The summed E-state index contributed by atoms with van der Waals surface area (Å²) in [4.78, 5) is 3.59. The summed E-state index contributed by atoms with van der Waals surface area (Å²) >= 11 is 0. The van der Waals surface area contributed by atoms with Crippen LogP contribution in [0.2, 0.25) is 0 Å². The zero-order chi connectivity index (χ0) is 6.69. The van der Waals surface area contributed by atoms with Gasteiger partial charge in [0, 0.05) is 5.69 Å². The van der Waals surface area contributed by atoms with E-state index in [4.69, 9.17) is 0 Å². The van der Waals surface area contributed by atoms with E-state index >= 15 is 0 Å². The molecule has 0 aliphatic carbocycles. The van der Waals surface area contributed by atoms with Crippen LogP contribution < -0.4 is 0 Å². The van der Waals surface area contributed by atoms with Gasteiger partial charge in [-0.05, 0) is 6.92 Å². The van der Waals surface area contributed by atoms with E-state index in [0.717, 1.165) is 5.69 Å². The molecule has 48 valence electrons. The smallest absolute Gasteiger partial charge is 0.177 e. The maximum atomic E-state index is 11.7. The van der Waals surface area contributed by atoms with Crippen molar-refractivity contribution in [3.05, 3.63) is 18.2 Å². The van der Waals surface area contributed by atoms with Gasteiger partial charge < -0.3 is 4.57 Å². The van der Waals surface area contributed by atoms with Crippen molar-refractivity contribution in [2.45, 2.75) is 13.5 Å². The van der Waals surface area contributed by atoms with Crippen LogP contribution in [-0.2, 0) is 6.54 Å². The predicted molar refractivity (Wildman–Crippen MR) is 30.6 cm³/mol. The monoisotopic (exact) mass is 126 g/mol. The van der Waals surface area contributed by atoms with E-state index in [1.54, 1.807) is 4.57 Å². The maximum absolute atomic E-state index is 11.7. The molecule has 0 N–H and O–H groups in total. The molecule has 2 nitrogen and oxygen atoms in total. The molecule has 1 heterocycles. The van der Waals surface area contributed by atoms with E-state index in [-0.39, 0.29) is 6.67 Å². The molecule has 1 aromatic rings. The van der Waals surface area contributed by atoms with Gasteiger partial charge in [0.15, 0.2) is 6.33 Å². The number of nitrogens with zero attached hydrogens (tertiary/aromatic N) is 2. The summed E-state index contributed by atoms with van der Waals surface area (Å²) in [6.45, 7) is 1.78. The Labute approximate surface area is 53.3 Å². The Morgan fingerprint density at radius 1 is 1.78 bits per heavy atom. The topological polar surface area (TPSA) is 17.8 Å². The van der Waals surface area contributed by atoms with Crippen LogP contribution in [0.5, 0.6) is 0 Å². The summed E-state index contributed by atoms with van der Waals surface area (Å²) < 4.78 is 13.3. The largest absolute Gasteiger partial charge is 0.322 e. The minimum atomic E-state index is -0.373. The first kappa shape index (κ1) is 6.26. The molecule has 0 fully saturated rings. The van der Waals surface area contributed by atoms with Gasteiger partial charge >= 0.3 is 0 Å². The third-order valence-electron chi connectivity index (χ3n) is 1.10. The Morgan fingerprint density at radius 3 is 3.00 bits per heavy atom. The van der Waals surface area contributed by atoms with Crippen LogP contribution in [-0.4, -0.2) is 16.2 Å². The van der Waals surface area contributed by atoms with E-state index < -0.39 is 0 Å². The van der Waals surface area contributed by atoms with Crippen molar-refractivity contribution in [3.8, 4) is 0 Å². The third-order valence-corrected chi connectivity index (χ3v) is 1.10. The van der Waals surface area contributed by atoms with Crippen molar-refractivity contribution in [3.63, 3.8) is 0 Å². The molecule has 0 saturated heterocycles. The fourth-order valence-corrected chi connectivity index (χ4v) is 0.604. The summed E-state index contributed by atoms with van der Waals surface area (Å²) in [5.74, 6) is 0. The lowest BCUT2D eigenvalue weighted by Crippen LogP contribution is -1.99. The minimum Gasteiger partial charge on any atom is -0.322 e. The number of rotatable bonds is 2. The van der Waals surface area contributed by atoms with Crippen LogP contribution >= 0.6 is 0 Å². The van der Waals surface area contributed by atoms with Gasteiger partial charge in [-0.3, -0.25) is 0 Å². The zero-order valence-electron chi connectivity index (χ0n) is 5.19. The summed E-state index contributed by atoms with van der Waals surface area (Å²) in [6.07, 6.45) is 5.22. The molecule has 1 aromatic heterocycles. The zero-order valence-corrected chi connectivity index (χ0v) is 5.19. The summed E-state index contributed by atoms with van der Waals surface area (Å²) in [5.41, 5.74) is 0.827. The summed E-state index contributed by atoms with van der Waals surface area (Å²) in [7, 11) is 0. The predicted octanol–water partition coefficient (Wildman–Crippen LogP) is 0.761. The van der Waals surface area contributed by atoms with Gasteiger partial charge in [-0.15, -0.1) is 0 Å². The fraction of sp³-hybridized carbons (Fsp3) is 0.500. The Bertz CT molecular complexity index is 183. The molecule has 0 bridgehead atoms. The first-order valence-corrected chi connectivity index (χ1v) is 2.73. The average molecular weight is 126 g/mol. The average Bonchev–Trinajstić information content (AvgIpc) is 2.18. The lowest BCUT2D eigenvalue weighted by molar-refractivity contribution is 0.441. The molecule has 0 aromatic carbocycles. The van der Waals surface area contributed by atoms with Gasteiger partial charge in [-0.25, -0.2) is 9.37 Å². The van der Waals surface area contributed by atoms with E-state index in [0.29, 0.717) is 6.54 Å². The van der Waals surface area contributed by atoms with Crippen molar-refractivity contribution >= 4 is 0 Å². The van der Waals surface area contributed by atoms with Crippen LogP contribution in [0.25, 0.3) is 0 Å². The SMILES string of the molecule is Cc1[c]n[c]n1CCF. The van der Waals surface area contributed by atoms with E-state index in [1.165, 1.54) is 0 Å². The van der Waals surface area contributed by atoms with Gasteiger partial charge in [0.2, 0.25) is 0 Å². The normalized spacial score (nSPS) is 10.0. The molecule has 0 aliphatic heterocycles. The minimum absolute atomic E-state index is 0.336. The number of halogens is 1. The van der Waals surface area contributed by atoms with Crippen molar-refractivity contribution in [2.75, 3.05) is 6.67 Å². The van der Waals surface area contributed by atoms with Gasteiger partial charge in [-0.2, -0.15) is 0 Å². The number of aryl methyl sites for hydroxylation is 2. The van der Waals surface area contributed by atoms with E-state index in [1.807, 2.05) is 6.92 Å². The van der Waals surface area contributed by atoms with Crippen LogP contribution in [0.15, 0.2) is 0 Å². The highest BCUT2D eigenvalue weighted by Crippen LogP contribution is 1.93. The van der Waals surface area contributed by atoms with E-state index in [2.05, 4.69) is 17.5 Å². The van der Waals surface area contributed by atoms with Crippen molar-refractivity contribution in [1.82, 2.24) is 9.55 Å². The number of hydrogen-bond donors (Lipinski definition) is 0. The molecule has 0 atom stereocenters. The van der Waals surface area contributed by atoms with Crippen LogP contribution in [0.4, 0.5) is 4.39 Å². The first-order chi connectivity index (χ1) is 4.34. The quantitative estimate of drug-likeness (QED) is 0.572. The van der Waals surface area contributed by atoms with Gasteiger partial charge in [0.05, 0.1) is 6.54 Å². The number of imidazole rings is 1. The fourth-order valence-electron chi connectivity index (χ4n) is 0.604. The lowest BCUT2D eigenvalue weighted by atomic mass is 10.5. The molecule has 0 unspecified atom stereocenters. The van der Waals surface area contributed by atoms with Crippen LogP contribution in [0.1, 0.15) is 5.69 Å². The van der Waals surface area contributed by atoms with Gasteiger partial charge in [-0.1, -0.05) is 0 Å². The Balaban J connectivity index is 2.69. The highest BCUT2D eigenvalue weighted by Gasteiger charge is 1.94. The molecule has 9 heavy (non-hydrogen) atoms. The Hall–Kier alpha value is -0.860. The standard InChI is InChI=1S/C6H7FN2/c1-6-4-8-5-9(6)3-2-7/h2-3H2,1H3. The third kappa shape index (κ3) is 1.28. The first-order valence-electron chi connectivity index (χ1n) is 2.73.